The minimum atomic E-state index is -0.422. The number of nitrogens with one attached hydrogen (secondary N) is 2. The van der Waals surface area contributed by atoms with Crippen LogP contribution in [-0.2, 0) is 4.79 Å². The number of aromatic nitrogens is 3. The number of carbonyl (C=O) groups is 2. The molecule has 8 nitrogen and oxygen atoms in total. The van der Waals surface area contributed by atoms with Crippen LogP contribution in [0.25, 0.3) is 10.6 Å². The summed E-state index contributed by atoms with van der Waals surface area (Å²) in [5.74, 6) is -0.0956. The molecule has 1 saturated heterocycles. The molecule has 1 fully saturated rings. The van der Waals surface area contributed by atoms with Gasteiger partial charge in [-0.1, -0.05) is 24.3 Å². The maximum atomic E-state index is 12.5. The summed E-state index contributed by atoms with van der Waals surface area (Å²) in [7, 11) is 0. The molecule has 30 heavy (non-hydrogen) atoms. The van der Waals surface area contributed by atoms with Crippen molar-refractivity contribution >= 4 is 29.1 Å². The molecule has 2 N–H and O–H groups in total. The van der Waals surface area contributed by atoms with Crippen LogP contribution < -0.4 is 15.8 Å². The van der Waals surface area contributed by atoms with Crippen molar-refractivity contribution in [2.45, 2.75) is 19.8 Å². The number of hydrogen-bond acceptors (Lipinski definition) is 7. The van der Waals surface area contributed by atoms with E-state index in [1.165, 1.54) is 11.3 Å². The van der Waals surface area contributed by atoms with E-state index in [1.807, 2.05) is 31.2 Å². The van der Waals surface area contributed by atoms with Gasteiger partial charge < -0.3 is 4.90 Å². The molecule has 0 bridgehead atoms. The van der Waals surface area contributed by atoms with Gasteiger partial charge in [0.25, 0.3) is 5.91 Å². The van der Waals surface area contributed by atoms with Gasteiger partial charge in [0.2, 0.25) is 11.9 Å². The summed E-state index contributed by atoms with van der Waals surface area (Å²) in [6.07, 6.45) is 4.77. The normalized spacial score (nSPS) is 14.4. The third-order valence-electron chi connectivity index (χ3n) is 5.11. The van der Waals surface area contributed by atoms with Gasteiger partial charge in [-0.2, -0.15) is 0 Å². The molecule has 1 aromatic carbocycles. The number of carbonyl (C=O) groups excluding carboxylic acids is 2. The van der Waals surface area contributed by atoms with E-state index in [4.69, 9.17) is 0 Å². The Balaban J connectivity index is 1.28. The van der Waals surface area contributed by atoms with E-state index < -0.39 is 5.91 Å². The Morgan fingerprint density at radius 3 is 2.53 bits per heavy atom. The van der Waals surface area contributed by atoms with Gasteiger partial charge >= 0.3 is 0 Å². The summed E-state index contributed by atoms with van der Waals surface area (Å²) in [6, 6.07) is 9.67. The molecule has 0 saturated carbocycles. The van der Waals surface area contributed by atoms with Gasteiger partial charge in [-0.3, -0.25) is 20.4 Å². The van der Waals surface area contributed by atoms with E-state index >= 15 is 0 Å². The van der Waals surface area contributed by atoms with Crippen LogP contribution in [0.1, 0.15) is 28.9 Å². The van der Waals surface area contributed by atoms with E-state index in [2.05, 4.69) is 30.7 Å². The smallest absolute Gasteiger partial charge is 0.289 e. The fourth-order valence-corrected chi connectivity index (χ4v) is 4.29. The molecule has 1 aliphatic heterocycles. The van der Waals surface area contributed by atoms with Crippen LogP contribution in [0.15, 0.2) is 48.1 Å². The van der Waals surface area contributed by atoms with E-state index in [0.29, 0.717) is 31.9 Å². The van der Waals surface area contributed by atoms with Crippen LogP contribution in [-0.4, -0.2) is 39.9 Å². The van der Waals surface area contributed by atoms with Crippen molar-refractivity contribution in [1.29, 1.82) is 0 Å². The second-order valence-electron chi connectivity index (χ2n) is 7.11. The minimum Gasteiger partial charge on any atom is -0.341 e. The lowest BCUT2D eigenvalue weighted by atomic mass is 9.96. The predicted molar refractivity (Wildman–Crippen MR) is 115 cm³/mol. The number of amides is 2. The predicted octanol–water partition coefficient (Wildman–Crippen LogP) is 2.59. The molecule has 2 amide bonds. The van der Waals surface area contributed by atoms with Crippen molar-refractivity contribution < 1.29 is 9.59 Å². The third kappa shape index (κ3) is 4.46. The fourth-order valence-electron chi connectivity index (χ4n) is 3.40. The third-order valence-corrected chi connectivity index (χ3v) is 5.99. The Hall–Kier alpha value is -3.33. The zero-order valence-electron chi connectivity index (χ0n) is 16.5. The average molecular weight is 423 g/mol. The summed E-state index contributed by atoms with van der Waals surface area (Å²) in [5.41, 5.74) is 7.41. The number of nitrogens with zero attached hydrogens (tertiary/aromatic N) is 4. The molecule has 4 rings (SSSR count). The van der Waals surface area contributed by atoms with Crippen LogP contribution in [0.4, 0.5) is 5.95 Å². The molecular weight excluding hydrogens is 400 g/mol. The topological polar surface area (TPSA) is 100 Å². The van der Waals surface area contributed by atoms with Gasteiger partial charge in [0.1, 0.15) is 10.7 Å². The van der Waals surface area contributed by atoms with Crippen LogP contribution in [0.5, 0.6) is 0 Å². The van der Waals surface area contributed by atoms with E-state index in [-0.39, 0.29) is 17.5 Å². The summed E-state index contributed by atoms with van der Waals surface area (Å²) >= 11 is 1.40. The Labute approximate surface area is 178 Å². The van der Waals surface area contributed by atoms with E-state index in [9.17, 15) is 9.59 Å². The quantitative estimate of drug-likeness (QED) is 0.627. The van der Waals surface area contributed by atoms with Gasteiger partial charge in [-0.25, -0.2) is 15.0 Å². The van der Waals surface area contributed by atoms with Crippen LogP contribution in [0.3, 0.4) is 0 Å². The lowest BCUT2D eigenvalue weighted by Crippen LogP contribution is -2.47. The molecule has 9 heteroatoms. The monoisotopic (exact) mass is 422 g/mol. The van der Waals surface area contributed by atoms with Gasteiger partial charge in [0, 0.05) is 42.3 Å². The largest absolute Gasteiger partial charge is 0.341 e. The second kappa shape index (κ2) is 9.00. The lowest BCUT2D eigenvalue weighted by Gasteiger charge is -2.31. The highest BCUT2D eigenvalue weighted by Crippen LogP contribution is 2.26. The number of benzene rings is 1. The second-order valence-corrected chi connectivity index (χ2v) is 7.96. The highest BCUT2D eigenvalue weighted by Gasteiger charge is 2.26. The Morgan fingerprint density at radius 2 is 1.80 bits per heavy atom. The van der Waals surface area contributed by atoms with Crippen molar-refractivity contribution in [2.75, 3.05) is 18.0 Å². The Bertz CT molecular complexity index is 1030. The zero-order valence-corrected chi connectivity index (χ0v) is 17.4. The van der Waals surface area contributed by atoms with Crippen LogP contribution in [0.2, 0.25) is 0 Å². The van der Waals surface area contributed by atoms with Gasteiger partial charge in [0.15, 0.2) is 0 Å². The fraction of sp³-hybridized carbons (Fsp3) is 0.286. The Kier molecular flexibility index (Phi) is 5.99. The molecule has 0 spiro atoms. The zero-order chi connectivity index (χ0) is 20.9. The molecule has 0 radical (unpaired) electrons. The van der Waals surface area contributed by atoms with Crippen molar-refractivity contribution in [2.24, 2.45) is 5.92 Å². The first-order valence-corrected chi connectivity index (χ1v) is 10.6. The number of rotatable bonds is 4. The molecule has 3 heterocycles. The SMILES string of the molecule is Cc1ccccc1-c1nc(C(=O)NNC(=O)C2CCN(c3ncccn3)CC2)cs1. The summed E-state index contributed by atoms with van der Waals surface area (Å²) < 4.78 is 0. The van der Waals surface area contributed by atoms with Crippen molar-refractivity contribution in [3.05, 3.63) is 59.4 Å². The highest BCUT2D eigenvalue weighted by atomic mass is 32.1. The van der Waals surface area contributed by atoms with Crippen LogP contribution in [0, 0.1) is 12.8 Å². The van der Waals surface area contributed by atoms with Crippen molar-refractivity contribution in [1.82, 2.24) is 25.8 Å². The molecule has 0 aliphatic carbocycles. The molecule has 0 atom stereocenters. The molecule has 0 unspecified atom stereocenters. The first kappa shape index (κ1) is 20.0. The minimum absolute atomic E-state index is 0.164. The molecule has 2 aromatic heterocycles. The first-order chi connectivity index (χ1) is 14.6. The van der Waals surface area contributed by atoms with Gasteiger partial charge in [-0.05, 0) is 31.4 Å². The van der Waals surface area contributed by atoms with Gasteiger partial charge in [0.05, 0.1) is 0 Å². The first-order valence-electron chi connectivity index (χ1n) is 9.75. The average Bonchev–Trinajstić information content (AvgIpc) is 3.28. The number of hydrazine groups is 1. The molecular formula is C21H22N6O2S. The number of piperidine rings is 1. The molecule has 3 aromatic rings. The number of anilines is 1. The number of aryl methyl sites for hydroxylation is 1. The van der Waals surface area contributed by atoms with E-state index in [0.717, 1.165) is 16.1 Å². The molecule has 1 aliphatic rings. The highest BCUT2D eigenvalue weighted by molar-refractivity contribution is 7.13. The Morgan fingerprint density at radius 1 is 1.07 bits per heavy atom. The molecule has 154 valence electrons. The summed E-state index contributed by atoms with van der Waals surface area (Å²) in [4.78, 5) is 39.8. The number of thiazole rings is 1. The van der Waals surface area contributed by atoms with Crippen molar-refractivity contribution in [3.8, 4) is 10.6 Å². The van der Waals surface area contributed by atoms with Gasteiger partial charge in [-0.15, -0.1) is 11.3 Å². The maximum absolute atomic E-state index is 12.5. The van der Waals surface area contributed by atoms with E-state index in [1.54, 1.807) is 23.8 Å². The van der Waals surface area contributed by atoms with Crippen molar-refractivity contribution in [3.63, 3.8) is 0 Å². The summed E-state index contributed by atoms with van der Waals surface area (Å²) in [6.45, 7) is 3.40. The number of hydrogen-bond donors (Lipinski definition) is 2. The van der Waals surface area contributed by atoms with Crippen LogP contribution >= 0.6 is 11.3 Å². The lowest BCUT2D eigenvalue weighted by molar-refractivity contribution is -0.126. The maximum Gasteiger partial charge on any atom is 0.289 e. The standard InChI is InChI=1S/C21H22N6O2S/c1-14-5-2-3-6-16(14)20-24-17(13-30-20)19(29)26-25-18(28)15-7-11-27(12-8-15)21-22-9-4-10-23-21/h2-6,9-10,13,15H,7-8,11-12H2,1H3,(H,25,28)(H,26,29). The summed E-state index contributed by atoms with van der Waals surface area (Å²) in [5, 5.41) is 2.47.